The Balaban J connectivity index is 1.30. The molecule has 8 unspecified atom stereocenters. The van der Waals surface area contributed by atoms with Crippen molar-refractivity contribution in [3.63, 3.8) is 0 Å². The molecule has 6 aliphatic heterocycles. The Morgan fingerprint density at radius 3 is 2.43 bits per heavy atom. The molecule has 0 aliphatic carbocycles. The van der Waals surface area contributed by atoms with Gasteiger partial charge in [0, 0.05) is 83.8 Å². The first kappa shape index (κ1) is 33.5. The molecule has 44 heavy (non-hydrogen) atoms. The van der Waals surface area contributed by atoms with Crippen LogP contribution in [-0.4, -0.2) is 114 Å². The van der Waals surface area contributed by atoms with Crippen molar-refractivity contribution in [1.29, 1.82) is 0 Å². The van der Waals surface area contributed by atoms with E-state index in [-0.39, 0.29) is 35.3 Å². The van der Waals surface area contributed by atoms with Gasteiger partial charge in [0.1, 0.15) is 12.0 Å². The fraction of sp³-hybridized carbons (Fsp3) is 1.00. The Hall–Kier alpha value is -0.370. The number of ether oxygens (including phenoxy) is 1. The van der Waals surface area contributed by atoms with Crippen molar-refractivity contribution in [3.8, 4) is 0 Å². The number of nitrogens with one attached hydrogen (secondary N) is 5. The molecule has 0 spiro atoms. The van der Waals surface area contributed by atoms with Gasteiger partial charge in [0.25, 0.3) is 0 Å². The maximum absolute atomic E-state index is 12.7. The number of fused-ring (bicyclic) bond motifs is 3. The minimum atomic E-state index is -2.18. The molecule has 6 aliphatic rings. The molecule has 6 saturated heterocycles. The van der Waals surface area contributed by atoms with Crippen LogP contribution >= 0.6 is 0 Å². The van der Waals surface area contributed by atoms with Crippen LogP contribution in [0.25, 0.3) is 0 Å². The van der Waals surface area contributed by atoms with Crippen LogP contribution in [0.15, 0.2) is 4.36 Å². The van der Waals surface area contributed by atoms with E-state index >= 15 is 0 Å². The smallest absolute Gasteiger partial charge is 0.127 e. The highest BCUT2D eigenvalue weighted by atomic mass is 32.2. The second-order valence-electron chi connectivity index (χ2n) is 16.9. The lowest BCUT2D eigenvalue weighted by Crippen LogP contribution is -2.81. The first-order valence-electron chi connectivity index (χ1n) is 17.7. The van der Waals surface area contributed by atoms with E-state index in [0.29, 0.717) is 35.9 Å². The minimum Gasteiger partial charge on any atom is -0.375 e. The zero-order chi connectivity index (χ0) is 31.7. The van der Waals surface area contributed by atoms with Gasteiger partial charge in [0.15, 0.2) is 0 Å². The predicted octanol–water partition coefficient (Wildman–Crippen LogP) is 2.38. The van der Waals surface area contributed by atoms with Crippen LogP contribution < -0.4 is 26.6 Å². The zero-order valence-electron chi connectivity index (χ0n) is 29.1. The number of likely N-dealkylation sites (tertiary alicyclic amines) is 2. The van der Waals surface area contributed by atoms with Crippen LogP contribution in [-0.2, 0) is 14.5 Å². The van der Waals surface area contributed by atoms with Crippen molar-refractivity contribution in [2.45, 2.75) is 128 Å². The lowest BCUT2D eigenvalue weighted by molar-refractivity contribution is -0.141. The lowest BCUT2D eigenvalue weighted by atomic mass is 9.69. The summed E-state index contributed by atoms with van der Waals surface area (Å²) in [6, 6.07) is 1.50. The van der Waals surface area contributed by atoms with Crippen LogP contribution in [0, 0.1) is 29.1 Å². The van der Waals surface area contributed by atoms with E-state index in [1.165, 1.54) is 25.9 Å². The van der Waals surface area contributed by atoms with Gasteiger partial charge in [-0.2, -0.15) is 0 Å². The summed E-state index contributed by atoms with van der Waals surface area (Å²) in [6.45, 7) is 19.3. The third-order valence-electron chi connectivity index (χ3n) is 12.5. The highest BCUT2D eigenvalue weighted by molar-refractivity contribution is 7.92. The van der Waals surface area contributed by atoms with Gasteiger partial charge in [-0.3, -0.25) is 30.4 Å². The van der Waals surface area contributed by atoms with Gasteiger partial charge in [-0.15, -0.1) is 0 Å². The summed E-state index contributed by atoms with van der Waals surface area (Å²) >= 11 is 0. The summed E-state index contributed by atoms with van der Waals surface area (Å²) in [7, 11) is 0.149. The standard InChI is InChI=1S/C33H64N8O2S/c1-21(2)22(3)33(37-24-13-14-26(40(7)19-24)23-16-34-17-23)35-18-25-30(38-33)41(27-15-31(4,5)43-20-32(25,27)6)29-12-10-11-28(36-29)39-44(8,9)42/h21-30,34-38H,10-20H2,1-9H3/t22?,24?,25?,26?,27-,28?,29?,30?,32-,33?/m1/s1. The van der Waals surface area contributed by atoms with Crippen LogP contribution in [0.4, 0.5) is 0 Å². The van der Waals surface area contributed by atoms with Crippen molar-refractivity contribution in [2.24, 2.45) is 33.4 Å². The van der Waals surface area contributed by atoms with Gasteiger partial charge in [0.05, 0.1) is 24.5 Å². The van der Waals surface area contributed by atoms with Crippen molar-refractivity contribution in [2.75, 3.05) is 52.3 Å². The van der Waals surface area contributed by atoms with E-state index < -0.39 is 9.73 Å². The van der Waals surface area contributed by atoms with Crippen molar-refractivity contribution in [3.05, 3.63) is 0 Å². The summed E-state index contributed by atoms with van der Waals surface area (Å²) in [6.07, 6.45) is 10.4. The number of likely N-dealkylation sites (N-methyl/N-ethyl adjacent to an activating group) is 1. The highest BCUT2D eigenvalue weighted by Gasteiger charge is 2.64. The fourth-order valence-corrected chi connectivity index (χ4v) is 10.4. The third-order valence-corrected chi connectivity index (χ3v) is 13.3. The van der Waals surface area contributed by atoms with Gasteiger partial charge >= 0.3 is 0 Å². The number of nitrogens with zero attached hydrogens (tertiary/aromatic N) is 3. The van der Waals surface area contributed by atoms with Crippen molar-refractivity contribution >= 4 is 9.73 Å². The number of hydrogen-bond donors (Lipinski definition) is 5. The maximum atomic E-state index is 12.7. The first-order valence-corrected chi connectivity index (χ1v) is 20.0. The van der Waals surface area contributed by atoms with E-state index in [4.69, 9.17) is 9.10 Å². The van der Waals surface area contributed by atoms with Crippen LogP contribution in [0.3, 0.4) is 0 Å². The second-order valence-corrected chi connectivity index (χ2v) is 19.5. The SMILES string of the molecule is CC(C)C(C)C1(NC2CCC(C3CNC3)N(C)C2)NCC2C(N1)N(C1CCCC(N=S(C)(C)=O)N1)[C@@H]1CC(C)(C)OC[C@]21C. The summed E-state index contributed by atoms with van der Waals surface area (Å²) in [4.78, 5) is 5.43. The fourth-order valence-electron chi connectivity index (χ4n) is 9.57. The summed E-state index contributed by atoms with van der Waals surface area (Å²) in [5.41, 5.74) is -0.139. The minimum absolute atomic E-state index is 0.0251. The highest BCUT2D eigenvalue weighted by Crippen LogP contribution is 2.54. The van der Waals surface area contributed by atoms with Crippen molar-refractivity contribution < 1.29 is 8.95 Å². The lowest BCUT2D eigenvalue weighted by Gasteiger charge is -2.55. The van der Waals surface area contributed by atoms with Crippen LogP contribution in [0.1, 0.15) is 80.1 Å². The molecular weight excluding hydrogens is 572 g/mol. The normalized spacial score (nSPS) is 44.5. The largest absolute Gasteiger partial charge is 0.375 e. The molecule has 0 aromatic heterocycles. The molecule has 6 fully saturated rings. The molecule has 6 rings (SSSR count). The van der Waals surface area contributed by atoms with E-state index in [0.717, 1.165) is 51.3 Å². The predicted molar refractivity (Wildman–Crippen MR) is 179 cm³/mol. The van der Waals surface area contributed by atoms with E-state index in [2.05, 4.69) is 85.0 Å². The summed E-state index contributed by atoms with van der Waals surface area (Å²) in [5, 5.41) is 20.1. The number of hydrogen-bond acceptors (Lipinski definition) is 10. The molecule has 6 heterocycles. The zero-order valence-corrected chi connectivity index (χ0v) is 29.9. The average Bonchev–Trinajstić information content (AvgIpc) is 3.14. The van der Waals surface area contributed by atoms with Gasteiger partial charge in [-0.25, -0.2) is 4.36 Å². The topological polar surface area (TPSA) is 105 Å². The maximum Gasteiger partial charge on any atom is 0.127 e. The quantitative estimate of drug-likeness (QED) is 0.288. The van der Waals surface area contributed by atoms with Crippen molar-refractivity contribution in [1.82, 2.24) is 36.4 Å². The van der Waals surface area contributed by atoms with Crippen LogP contribution in [0.2, 0.25) is 0 Å². The van der Waals surface area contributed by atoms with Gasteiger partial charge < -0.3 is 15.0 Å². The monoisotopic (exact) mass is 636 g/mol. The molecule has 11 heteroatoms. The number of piperidine rings is 2. The molecule has 10 nitrogen and oxygen atoms in total. The summed E-state index contributed by atoms with van der Waals surface area (Å²) < 4.78 is 24.0. The molecule has 0 aromatic rings. The molecule has 0 saturated carbocycles. The molecule has 0 amide bonds. The van der Waals surface area contributed by atoms with Gasteiger partial charge in [0.2, 0.25) is 0 Å². The molecule has 0 bridgehead atoms. The Morgan fingerprint density at radius 2 is 1.80 bits per heavy atom. The van der Waals surface area contributed by atoms with E-state index in [9.17, 15) is 4.21 Å². The van der Waals surface area contributed by atoms with E-state index in [1.807, 2.05) is 0 Å². The molecular formula is C33H64N8O2S. The summed E-state index contributed by atoms with van der Waals surface area (Å²) in [5.74, 6) is 1.71. The van der Waals surface area contributed by atoms with Gasteiger partial charge in [-0.05, 0) is 71.3 Å². The van der Waals surface area contributed by atoms with E-state index in [1.54, 1.807) is 12.5 Å². The Kier molecular flexibility index (Phi) is 9.34. The Labute approximate surface area is 268 Å². The molecule has 0 radical (unpaired) electrons. The Morgan fingerprint density at radius 1 is 1.05 bits per heavy atom. The molecule has 5 N–H and O–H groups in total. The second kappa shape index (κ2) is 12.3. The molecule has 254 valence electrons. The molecule has 10 atom stereocenters. The first-order chi connectivity index (χ1) is 20.6. The van der Waals surface area contributed by atoms with Gasteiger partial charge in [-0.1, -0.05) is 27.7 Å². The Bertz CT molecular complexity index is 1150. The van der Waals surface area contributed by atoms with Crippen LogP contribution in [0.5, 0.6) is 0 Å². The average molecular weight is 637 g/mol. The number of rotatable bonds is 7. The third kappa shape index (κ3) is 6.40. The molecule has 0 aromatic carbocycles.